The van der Waals surface area contributed by atoms with Crippen molar-refractivity contribution in [2.45, 2.75) is 19.5 Å². The van der Waals surface area contributed by atoms with Gasteiger partial charge in [-0.25, -0.2) is 4.98 Å². The lowest BCUT2D eigenvalue weighted by Gasteiger charge is -2.21. The Kier molecular flexibility index (Phi) is 4.47. The lowest BCUT2D eigenvalue weighted by atomic mass is 10.1. The van der Waals surface area contributed by atoms with E-state index >= 15 is 0 Å². The predicted octanol–water partition coefficient (Wildman–Crippen LogP) is 2.58. The summed E-state index contributed by atoms with van der Waals surface area (Å²) in [5, 5.41) is 0. The molecular weight excluding hydrogens is 242 g/mol. The molecule has 0 saturated carbocycles. The maximum Gasteiger partial charge on any atom is 0.0798 e. The normalized spacial score (nSPS) is 12.9. The number of hydrogen-bond acceptors (Lipinski definition) is 4. The molecule has 4 heteroatoms. The van der Waals surface area contributed by atoms with E-state index in [4.69, 9.17) is 5.73 Å². The van der Waals surface area contributed by atoms with Gasteiger partial charge in [-0.2, -0.15) is 0 Å². The summed E-state index contributed by atoms with van der Waals surface area (Å²) in [6.45, 7) is 3.81. The zero-order valence-corrected chi connectivity index (χ0v) is 11.7. The third kappa shape index (κ3) is 3.38. The van der Waals surface area contributed by atoms with Gasteiger partial charge < -0.3 is 5.73 Å². The van der Waals surface area contributed by atoms with Crippen LogP contribution in [0.1, 0.15) is 22.2 Å². The van der Waals surface area contributed by atoms with Crippen molar-refractivity contribution in [3.05, 3.63) is 52.0 Å². The van der Waals surface area contributed by atoms with Gasteiger partial charge >= 0.3 is 0 Å². The molecule has 1 unspecified atom stereocenters. The number of benzene rings is 1. The van der Waals surface area contributed by atoms with Gasteiger partial charge in [-0.15, -0.1) is 11.3 Å². The molecular formula is C14H19N3S. The number of aromatic nitrogens is 1. The first-order valence-corrected chi connectivity index (χ1v) is 6.93. The first-order chi connectivity index (χ1) is 8.66. The van der Waals surface area contributed by atoms with Gasteiger partial charge in [0.2, 0.25) is 0 Å². The minimum Gasteiger partial charge on any atom is -0.323 e. The van der Waals surface area contributed by atoms with Crippen LogP contribution in [0.25, 0.3) is 0 Å². The molecule has 0 radical (unpaired) electrons. The van der Waals surface area contributed by atoms with Crippen LogP contribution in [0.4, 0.5) is 0 Å². The van der Waals surface area contributed by atoms with Crippen LogP contribution in [0.2, 0.25) is 0 Å². The maximum absolute atomic E-state index is 6.21. The van der Waals surface area contributed by atoms with E-state index in [0.717, 1.165) is 18.8 Å². The molecule has 96 valence electrons. The van der Waals surface area contributed by atoms with E-state index in [9.17, 15) is 0 Å². The fourth-order valence-electron chi connectivity index (χ4n) is 1.93. The van der Waals surface area contributed by atoms with Crippen molar-refractivity contribution in [2.24, 2.45) is 5.73 Å². The minimum atomic E-state index is 0.0597. The van der Waals surface area contributed by atoms with Crippen molar-refractivity contribution >= 4 is 11.3 Å². The average molecular weight is 261 g/mol. The Morgan fingerprint density at radius 1 is 1.33 bits per heavy atom. The molecule has 0 aliphatic carbocycles. The van der Waals surface area contributed by atoms with Gasteiger partial charge in [-0.3, -0.25) is 4.90 Å². The molecule has 1 aromatic heterocycles. The lowest BCUT2D eigenvalue weighted by Crippen LogP contribution is -2.28. The lowest BCUT2D eigenvalue weighted by molar-refractivity contribution is 0.307. The number of thiazole rings is 1. The van der Waals surface area contributed by atoms with E-state index in [1.807, 2.05) is 23.7 Å². The van der Waals surface area contributed by atoms with Crippen molar-refractivity contribution in [1.29, 1.82) is 0 Å². The number of nitrogens with two attached hydrogens (primary N) is 1. The summed E-state index contributed by atoms with van der Waals surface area (Å²) in [7, 11) is 2.10. The number of aryl methyl sites for hydroxylation is 1. The average Bonchev–Trinajstić information content (AvgIpc) is 2.76. The third-order valence-corrected chi connectivity index (χ3v) is 3.91. The Morgan fingerprint density at radius 3 is 2.67 bits per heavy atom. The van der Waals surface area contributed by atoms with Crippen molar-refractivity contribution in [1.82, 2.24) is 9.88 Å². The van der Waals surface area contributed by atoms with Crippen LogP contribution in [0, 0.1) is 6.92 Å². The van der Waals surface area contributed by atoms with E-state index in [1.165, 1.54) is 10.4 Å². The van der Waals surface area contributed by atoms with Gasteiger partial charge in [0.05, 0.1) is 11.2 Å². The molecule has 1 atom stereocenters. The summed E-state index contributed by atoms with van der Waals surface area (Å²) in [5.41, 5.74) is 10.4. The third-order valence-electron chi connectivity index (χ3n) is 2.99. The summed E-state index contributed by atoms with van der Waals surface area (Å²) in [6, 6.07) is 10.3. The first kappa shape index (κ1) is 13.2. The molecule has 0 fully saturated rings. The molecule has 2 N–H and O–H groups in total. The van der Waals surface area contributed by atoms with Gasteiger partial charge in [-0.05, 0) is 19.5 Å². The molecule has 0 aliphatic heterocycles. The van der Waals surface area contributed by atoms with E-state index in [2.05, 4.69) is 36.0 Å². The Morgan fingerprint density at radius 2 is 2.06 bits per heavy atom. The molecule has 2 rings (SSSR count). The number of nitrogens with zero attached hydrogens (tertiary/aromatic N) is 2. The second-order valence-corrected chi connectivity index (χ2v) is 5.51. The van der Waals surface area contributed by atoms with E-state index in [0.29, 0.717) is 0 Å². The van der Waals surface area contributed by atoms with Crippen LogP contribution in [-0.4, -0.2) is 23.5 Å². The predicted molar refractivity (Wildman–Crippen MR) is 76.6 cm³/mol. The van der Waals surface area contributed by atoms with Crippen LogP contribution in [0.15, 0.2) is 35.8 Å². The van der Waals surface area contributed by atoms with Crippen molar-refractivity contribution in [3.8, 4) is 0 Å². The number of likely N-dealkylation sites (N-methyl/N-ethyl adjacent to an activating group) is 1. The van der Waals surface area contributed by atoms with Gasteiger partial charge in [0.15, 0.2) is 0 Å². The molecule has 0 saturated heterocycles. The second kappa shape index (κ2) is 6.09. The summed E-state index contributed by atoms with van der Waals surface area (Å²) in [4.78, 5) is 7.83. The molecule has 0 bridgehead atoms. The smallest absolute Gasteiger partial charge is 0.0798 e. The summed E-state index contributed by atoms with van der Waals surface area (Å²) in [6.07, 6.45) is 0. The molecule has 3 nitrogen and oxygen atoms in total. The van der Waals surface area contributed by atoms with E-state index in [1.54, 1.807) is 11.3 Å². The summed E-state index contributed by atoms with van der Waals surface area (Å²) >= 11 is 1.71. The highest BCUT2D eigenvalue weighted by molar-refractivity contribution is 7.09. The molecule has 0 amide bonds. The Bertz CT molecular complexity index is 481. The number of hydrogen-bond donors (Lipinski definition) is 1. The molecule has 2 aromatic rings. The maximum atomic E-state index is 6.21. The van der Waals surface area contributed by atoms with Crippen LogP contribution < -0.4 is 5.73 Å². The van der Waals surface area contributed by atoms with Crippen LogP contribution in [0.3, 0.4) is 0 Å². The van der Waals surface area contributed by atoms with Crippen molar-refractivity contribution in [3.63, 3.8) is 0 Å². The molecule has 0 aliphatic rings. The standard InChI is InChI=1S/C14H19N3S/c1-11-14(18-10-16-11)9-17(2)8-13(15)12-6-4-3-5-7-12/h3-7,10,13H,8-9,15H2,1-2H3. The highest BCUT2D eigenvalue weighted by atomic mass is 32.1. The van der Waals surface area contributed by atoms with E-state index < -0.39 is 0 Å². The van der Waals surface area contributed by atoms with Gasteiger partial charge in [0.25, 0.3) is 0 Å². The second-order valence-electron chi connectivity index (χ2n) is 4.57. The fourth-order valence-corrected chi connectivity index (χ4v) is 2.79. The molecule has 0 spiro atoms. The monoisotopic (exact) mass is 261 g/mol. The van der Waals surface area contributed by atoms with Crippen LogP contribution in [-0.2, 0) is 6.54 Å². The highest BCUT2D eigenvalue weighted by Crippen LogP contribution is 2.16. The van der Waals surface area contributed by atoms with Crippen molar-refractivity contribution in [2.75, 3.05) is 13.6 Å². The van der Waals surface area contributed by atoms with Crippen LogP contribution in [0.5, 0.6) is 0 Å². The Balaban J connectivity index is 1.92. The minimum absolute atomic E-state index is 0.0597. The fraction of sp³-hybridized carbons (Fsp3) is 0.357. The Hall–Kier alpha value is -1.23. The number of rotatable bonds is 5. The topological polar surface area (TPSA) is 42.2 Å². The van der Waals surface area contributed by atoms with Crippen LogP contribution >= 0.6 is 11.3 Å². The first-order valence-electron chi connectivity index (χ1n) is 6.05. The summed E-state index contributed by atoms with van der Waals surface area (Å²) in [5.74, 6) is 0. The largest absolute Gasteiger partial charge is 0.323 e. The quantitative estimate of drug-likeness (QED) is 0.899. The molecule has 1 heterocycles. The van der Waals surface area contributed by atoms with Gasteiger partial charge in [-0.1, -0.05) is 30.3 Å². The van der Waals surface area contributed by atoms with Crippen molar-refractivity contribution < 1.29 is 0 Å². The zero-order valence-electron chi connectivity index (χ0n) is 10.8. The van der Waals surface area contributed by atoms with E-state index in [-0.39, 0.29) is 6.04 Å². The van der Waals surface area contributed by atoms with Gasteiger partial charge in [0, 0.05) is 24.0 Å². The van der Waals surface area contributed by atoms with Gasteiger partial charge in [0.1, 0.15) is 0 Å². The highest BCUT2D eigenvalue weighted by Gasteiger charge is 2.11. The summed E-state index contributed by atoms with van der Waals surface area (Å²) < 4.78 is 0. The SMILES string of the molecule is Cc1ncsc1CN(C)CC(N)c1ccccc1. The molecule has 18 heavy (non-hydrogen) atoms. The zero-order chi connectivity index (χ0) is 13.0. The Labute approximate surface area is 112 Å². The molecule has 1 aromatic carbocycles.